The number of rotatable bonds is 4. The van der Waals surface area contributed by atoms with Crippen molar-refractivity contribution in [3.05, 3.63) is 23.8 Å². The van der Waals surface area contributed by atoms with E-state index in [1.807, 2.05) is 0 Å². The molecule has 7 heteroatoms. The molecule has 1 aromatic carbocycles. The average molecular weight is 294 g/mol. The highest BCUT2D eigenvalue weighted by molar-refractivity contribution is 7.86. The topological polar surface area (TPSA) is 97.5 Å². The van der Waals surface area contributed by atoms with Gasteiger partial charge < -0.3 is 10.6 Å². The van der Waals surface area contributed by atoms with Crippen LogP contribution in [0.2, 0.25) is 0 Å². The molecule has 2 amide bonds. The Morgan fingerprint density at radius 2 is 2.10 bits per heavy atom. The Morgan fingerprint density at radius 1 is 1.40 bits per heavy atom. The van der Waals surface area contributed by atoms with E-state index in [0.29, 0.717) is 22.6 Å². The predicted octanol–water partition coefficient (Wildman–Crippen LogP) is 0.219. The van der Waals surface area contributed by atoms with E-state index in [9.17, 15) is 18.6 Å². The number of amides is 2. The minimum absolute atomic E-state index is 0.0874. The second-order valence-corrected chi connectivity index (χ2v) is 5.81. The lowest BCUT2D eigenvalue weighted by atomic mass is 10.1. The fourth-order valence-corrected chi connectivity index (χ4v) is 3.19. The summed E-state index contributed by atoms with van der Waals surface area (Å²) in [4.78, 5) is 36.3. The van der Waals surface area contributed by atoms with Gasteiger partial charge >= 0.3 is 0 Å². The predicted molar refractivity (Wildman–Crippen MR) is 73.9 cm³/mol. The number of ketones is 1. The minimum atomic E-state index is -1.46. The van der Waals surface area contributed by atoms with Crippen molar-refractivity contribution in [2.75, 3.05) is 17.2 Å². The van der Waals surface area contributed by atoms with Crippen molar-refractivity contribution in [1.82, 2.24) is 0 Å². The molecule has 106 valence electrons. The van der Waals surface area contributed by atoms with E-state index < -0.39 is 22.6 Å². The van der Waals surface area contributed by atoms with Gasteiger partial charge in [-0.15, -0.1) is 0 Å². The van der Waals surface area contributed by atoms with Crippen LogP contribution in [-0.4, -0.2) is 34.1 Å². The van der Waals surface area contributed by atoms with Gasteiger partial charge in [-0.1, -0.05) is 13.0 Å². The van der Waals surface area contributed by atoms with Crippen LogP contribution < -0.4 is 10.6 Å². The van der Waals surface area contributed by atoms with Gasteiger partial charge in [-0.05, 0) is 12.1 Å². The zero-order chi connectivity index (χ0) is 14.9. The fourth-order valence-electron chi connectivity index (χ4n) is 2.03. The molecule has 6 nitrogen and oxygen atoms in total. The summed E-state index contributed by atoms with van der Waals surface area (Å²) in [6, 6.07) is 4.65. The molecular formula is C13H14N2O4S. The Labute approximate surface area is 118 Å². The molecule has 0 aliphatic carbocycles. The maximum absolute atomic E-state index is 11.9. The number of anilines is 1. The summed E-state index contributed by atoms with van der Waals surface area (Å²) < 4.78 is 11.9. The van der Waals surface area contributed by atoms with Crippen LogP contribution in [-0.2, 0) is 20.4 Å². The molecule has 0 spiro atoms. The molecular weight excluding hydrogens is 280 g/mol. The van der Waals surface area contributed by atoms with Crippen molar-refractivity contribution in [3.8, 4) is 0 Å². The highest BCUT2D eigenvalue weighted by atomic mass is 32.2. The highest BCUT2D eigenvalue weighted by Gasteiger charge is 2.30. The largest absolute Gasteiger partial charge is 0.368 e. The van der Waals surface area contributed by atoms with Crippen molar-refractivity contribution in [3.63, 3.8) is 0 Å². The van der Waals surface area contributed by atoms with Crippen LogP contribution in [0.5, 0.6) is 0 Å². The van der Waals surface area contributed by atoms with E-state index in [1.165, 1.54) is 11.0 Å². The van der Waals surface area contributed by atoms with Crippen LogP contribution in [0.4, 0.5) is 5.69 Å². The summed E-state index contributed by atoms with van der Waals surface area (Å²) >= 11 is 0. The Morgan fingerprint density at radius 3 is 2.70 bits per heavy atom. The van der Waals surface area contributed by atoms with Gasteiger partial charge in [0.15, 0.2) is 5.78 Å². The van der Waals surface area contributed by atoms with Crippen LogP contribution in [0.1, 0.15) is 23.7 Å². The molecule has 20 heavy (non-hydrogen) atoms. The number of carbonyl (C=O) groups excluding carboxylic acids is 3. The van der Waals surface area contributed by atoms with Crippen molar-refractivity contribution in [2.24, 2.45) is 5.73 Å². The Hall–Kier alpha value is -2.02. The second kappa shape index (κ2) is 5.54. The van der Waals surface area contributed by atoms with Crippen LogP contribution in [0.25, 0.3) is 0 Å². The normalized spacial score (nSPS) is 17.8. The van der Waals surface area contributed by atoms with Gasteiger partial charge in [0.05, 0.1) is 21.4 Å². The zero-order valence-electron chi connectivity index (χ0n) is 10.9. The monoisotopic (exact) mass is 294 g/mol. The van der Waals surface area contributed by atoms with Gasteiger partial charge in [-0.2, -0.15) is 0 Å². The quantitative estimate of drug-likeness (QED) is 0.803. The van der Waals surface area contributed by atoms with Crippen molar-refractivity contribution >= 4 is 34.1 Å². The van der Waals surface area contributed by atoms with Crippen molar-refractivity contribution in [2.45, 2.75) is 18.2 Å². The molecule has 0 radical (unpaired) electrons. The third-order valence-corrected chi connectivity index (χ3v) is 4.35. The lowest BCUT2D eigenvalue weighted by Crippen LogP contribution is -2.44. The first-order chi connectivity index (χ1) is 9.43. The first-order valence-electron chi connectivity index (χ1n) is 6.08. The van der Waals surface area contributed by atoms with E-state index in [4.69, 9.17) is 5.73 Å². The van der Waals surface area contributed by atoms with Crippen LogP contribution in [0.3, 0.4) is 0 Å². The van der Waals surface area contributed by atoms with E-state index in [2.05, 4.69) is 0 Å². The molecule has 2 N–H and O–H groups in total. The van der Waals surface area contributed by atoms with E-state index in [1.54, 1.807) is 19.1 Å². The number of nitrogens with zero attached hydrogens (tertiary/aromatic N) is 1. The van der Waals surface area contributed by atoms with Gasteiger partial charge in [0.25, 0.3) is 0 Å². The highest BCUT2D eigenvalue weighted by Crippen LogP contribution is 2.30. The summed E-state index contributed by atoms with van der Waals surface area (Å²) in [6.07, 6.45) is 0.325. The lowest BCUT2D eigenvalue weighted by molar-refractivity contribution is -0.121. The number of carbonyl (C=O) groups is 3. The zero-order valence-corrected chi connectivity index (χ0v) is 11.7. The van der Waals surface area contributed by atoms with E-state index >= 15 is 0 Å². The Kier molecular flexibility index (Phi) is 3.99. The molecule has 0 aromatic heterocycles. The van der Waals surface area contributed by atoms with Crippen LogP contribution >= 0.6 is 0 Å². The molecule has 0 saturated carbocycles. The van der Waals surface area contributed by atoms with E-state index in [-0.39, 0.29) is 18.1 Å². The van der Waals surface area contributed by atoms with Crippen LogP contribution in [0.15, 0.2) is 23.1 Å². The van der Waals surface area contributed by atoms with Gasteiger partial charge in [0, 0.05) is 12.0 Å². The van der Waals surface area contributed by atoms with Gasteiger partial charge in [0.1, 0.15) is 12.3 Å². The maximum Gasteiger partial charge on any atom is 0.240 e. The summed E-state index contributed by atoms with van der Waals surface area (Å²) in [6.45, 7) is 1.44. The molecule has 1 heterocycles. The van der Waals surface area contributed by atoms with E-state index in [0.717, 1.165) is 0 Å². The summed E-state index contributed by atoms with van der Waals surface area (Å²) in [5.74, 6) is -1.36. The third kappa shape index (κ3) is 2.62. The summed E-state index contributed by atoms with van der Waals surface area (Å²) in [7, 11) is -1.46. The number of hydrogen-bond donors (Lipinski definition) is 1. The Bertz CT molecular complexity index is 627. The van der Waals surface area contributed by atoms with Crippen molar-refractivity contribution in [1.29, 1.82) is 0 Å². The number of hydrogen-bond acceptors (Lipinski definition) is 4. The average Bonchev–Trinajstić information content (AvgIpc) is 2.41. The number of Topliss-reactive ketones (excluding diaryl/α,β-unsaturated/α-hetero) is 1. The molecule has 1 aromatic rings. The molecule has 1 unspecified atom stereocenters. The Balaban J connectivity index is 2.53. The third-order valence-electron chi connectivity index (χ3n) is 3.01. The lowest BCUT2D eigenvalue weighted by Gasteiger charge is -2.28. The van der Waals surface area contributed by atoms with Gasteiger partial charge in [0.2, 0.25) is 11.8 Å². The molecule has 0 saturated heterocycles. The molecule has 0 bridgehead atoms. The molecule has 1 aliphatic heterocycles. The smallest absolute Gasteiger partial charge is 0.240 e. The number of primary amides is 1. The molecule has 1 atom stereocenters. The molecule has 2 rings (SSSR count). The van der Waals surface area contributed by atoms with Gasteiger partial charge in [-0.25, -0.2) is 0 Å². The summed E-state index contributed by atoms with van der Waals surface area (Å²) in [5.41, 5.74) is 5.88. The number of fused-ring (bicyclic) bond motifs is 1. The minimum Gasteiger partial charge on any atom is -0.368 e. The molecule has 1 aliphatic rings. The van der Waals surface area contributed by atoms with Crippen molar-refractivity contribution < 1.29 is 18.6 Å². The maximum atomic E-state index is 11.9. The number of benzene rings is 1. The fraction of sp³-hybridized carbons (Fsp3) is 0.308. The van der Waals surface area contributed by atoms with Crippen LogP contribution in [0, 0.1) is 0 Å². The second-order valence-electron chi connectivity index (χ2n) is 4.40. The SMILES string of the molecule is CCC(=O)c1ccc2c(c1)N(CC(N)=O)C(=O)CS2=O. The number of nitrogens with two attached hydrogens (primary N) is 1. The standard InChI is InChI=1S/C13H14N2O4S/c1-2-10(16)8-3-4-11-9(5-8)15(6-12(14)17)13(18)7-20(11)19/h3-5H,2,6-7H2,1H3,(H2,14,17). The first-order valence-corrected chi connectivity index (χ1v) is 7.40. The summed E-state index contributed by atoms with van der Waals surface area (Å²) in [5, 5.41) is 0. The molecule has 0 fully saturated rings. The van der Waals surface area contributed by atoms with Gasteiger partial charge in [-0.3, -0.25) is 18.6 Å². The first kappa shape index (κ1) is 14.4.